The number of hydrogen-bond donors (Lipinski definition) is 1. The van der Waals surface area contributed by atoms with E-state index in [1.807, 2.05) is 12.1 Å². The van der Waals surface area contributed by atoms with Gasteiger partial charge in [-0.25, -0.2) is 0 Å². The Morgan fingerprint density at radius 2 is 2.00 bits per heavy atom. The molecule has 0 saturated carbocycles. The van der Waals surface area contributed by atoms with Crippen LogP contribution in [-0.4, -0.2) is 0 Å². The molecule has 0 saturated heterocycles. The Morgan fingerprint density at radius 1 is 1.30 bits per heavy atom. The molecule has 0 bridgehead atoms. The van der Waals surface area contributed by atoms with Crippen LogP contribution in [0.5, 0.6) is 0 Å². The van der Waals surface area contributed by atoms with E-state index in [2.05, 4.69) is 38.6 Å². The molecule has 1 rings (SSSR count). The molecule has 0 N–H and O–H groups in total. The van der Waals surface area contributed by atoms with Gasteiger partial charge in [0.15, 0.2) is 0 Å². The van der Waals surface area contributed by atoms with E-state index < -0.39 is 0 Å². The maximum atomic E-state index is 4.25. The van der Waals surface area contributed by atoms with Gasteiger partial charge in [-0.2, -0.15) is 0 Å². The predicted octanol–water partition coefficient (Wildman–Crippen LogP) is 3.10. The fourth-order valence-corrected chi connectivity index (χ4v) is 1.12. The first-order chi connectivity index (χ1) is 4.70. The fraction of sp³-hybridized carbons (Fsp3) is 0.333. The molecule has 0 aliphatic rings. The van der Waals surface area contributed by atoms with Gasteiger partial charge in [0.25, 0.3) is 0 Å². The van der Waals surface area contributed by atoms with Crippen molar-refractivity contribution >= 4 is 12.6 Å². The van der Waals surface area contributed by atoms with Gasteiger partial charge in [0.05, 0.1) is 0 Å². The van der Waals surface area contributed by atoms with Crippen molar-refractivity contribution in [1.82, 2.24) is 0 Å². The van der Waals surface area contributed by atoms with E-state index in [0.29, 0.717) is 5.92 Å². The molecule has 0 aromatic heterocycles. The lowest BCUT2D eigenvalue weighted by Gasteiger charge is -2.03. The van der Waals surface area contributed by atoms with Gasteiger partial charge in [0.1, 0.15) is 0 Å². The summed E-state index contributed by atoms with van der Waals surface area (Å²) in [6.45, 7) is 4.37. The van der Waals surface area contributed by atoms with Gasteiger partial charge < -0.3 is 0 Å². The zero-order valence-electron chi connectivity index (χ0n) is 6.33. The SMILES string of the molecule is CC(C)c1cccc(S)c1. The summed E-state index contributed by atoms with van der Waals surface area (Å²) in [6, 6.07) is 8.27. The Balaban J connectivity index is 2.96. The van der Waals surface area contributed by atoms with Crippen LogP contribution in [-0.2, 0) is 0 Å². The highest BCUT2D eigenvalue weighted by molar-refractivity contribution is 7.80. The van der Waals surface area contributed by atoms with Gasteiger partial charge in [0, 0.05) is 4.90 Å². The summed E-state index contributed by atoms with van der Waals surface area (Å²) < 4.78 is 0. The number of benzene rings is 1. The van der Waals surface area contributed by atoms with E-state index in [0.717, 1.165) is 4.90 Å². The molecule has 0 radical (unpaired) electrons. The van der Waals surface area contributed by atoms with Gasteiger partial charge in [-0.15, -0.1) is 12.6 Å². The Labute approximate surface area is 67.7 Å². The molecule has 0 aliphatic heterocycles. The average molecular weight is 152 g/mol. The number of hydrogen-bond acceptors (Lipinski definition) is 1. The van der Waals surface area contributed by atoms with E-state index in [9.17, 15) is 0 Å². The molecule has 1 aromatic rings. The molecule has 10 heavy (non-hydrogen) atoms. The highest BCUT2D eigenvalue weighted by atomic mass is 32.1. The molecular weight excluding hydrogens is 140 g/mol. The standard InChI is InChI=1S/C9H12S/c1-7(2)8-4-3-5-9(10)6-8/h3-7,10H,1-2H3. The number of rotatable bonds is 1. The summed E-state index contributed by atoms with van der Waals surface area (Å²) in [5.74, 6) is 0.604. The third kappa shape index (κ3) is 1.77. The summed E-state index contributed by atoms with van der Waals surface area (Å²) in [7, 11) is 0. The molecule has 0 nitrogen and oxygen atoms in total. The van der Waals surface area contributed by atoms with E-state index in [1.54, 1.807) is 0 Å². The topological polar surface area (TPSA) is 0 Å². The maximum Gasteiger partial charge on any atom is 0.00428 e. The van der Waals surface area contributed by atoms with Crippen LogP contribution in [0.2, 0.25) is 0 Å². The van der Waals surface area contributed by atoms with Gasteiger partial charge in [-0.1, -0.05) is 26.0 Å². The highest BCUT2D eigenvalue weighted by Crippen LogP contribution is 2.16. The largest absolute Gasteiger partial charge is 0.143 e. The Morgan fingerprint density at radius 3 is 2.40 bits per heavy atom. The van der Waals surface area contributed by atoms with Crippen molar-refractivity contribution in [2.75, 3.05) is 0 Å². The summed E-state index contributed by atoms with van der Waals surface area (Å²) in [5.41, 5.74) is 1.35. The average Bonchev–Trinajstić information content (AvgIpc) is 1.88. The lowest BCUT2D eigenvalue weighted by molar-refractivity contribution is 0.862. The molecule has 1 heteroatoms. The molecule has 54 valence electrons. The number of thiol groups is 1. The van der Waals surface area contributed by atoms with E-state index >= 15 is 0 Å². The second-order valence-corrected chi connectivity index (χ2v) is 3.27. The second-order valence-electron chi connectivity index (χ2n) is 2.75. The molecule has 0 aliphatic carbocycles. The van der Waals surface area contributed by atoms with Crippen molar-refractivity contribution in [3.63, 3.8) is 0 Å². The quantitative estimate of drug-likeness (QED) is 0.587. The zero-order valence-corrected chi connectivity index (χ0v) is 7.23. The molecule has 0 unspecified atom stereocenters. The van der Waals surface area contributed by atoms with Gasteiger partial charge >= 0.3 is 0 Å². The minimum absolute atomic E-state index is 0.604. The second kappa shape index (κ2) is 3.11. The molecule has 0 amide bonds. The van der Waals surface area contributed by atoms with Gasteiger partial charge in [-0.3, -0.25) is 0 Å². The minimum atomic E-state index is 0.604. The summed E-state index contributed by atoms with van der Waals surface area (Å²) in [6.07, 6.45) is 0. The van der Waals surface area contributed by atoms with Crippen molar-refractivity contribution in [3.05, 3.63) is 29.8 Å². The summed E-state index contributed by atoms with van der Waals surface area (Å²) >= 11 is 4.25. The zero-order chi connectivity index (χ0) is 7.56. The molecule has 0 spiro atoms. The highest BCUT2D eigenvalue weighted by Gasteiger charge is 1.96. The summed E-state index contributed by atoms with van der Waals surface area (Å²) in [5, 5.41) is 0. The molecule has 0 heterocycles. The van der Waals surface area contributed by atoms with Crippen LogP contribution in [0, 0.1) is 0 Å². The smallest absolute Gasteiger partial charge is 0.00428 e. The van der Waals surface area contributed by atoms with Crippen molar-refractivity contribution in [2.24, 2.45) is 0 Å². The molecule has 0 atom stereocenters. The van der Waals surface area contributed by atoms with Crippen LogP contribution in [0.3, 0.4) is 0 Å². The fourth-order valence-electron chi connectivity index (χ4n) is 0.884. The first-order valence-electron chi connectivity index (χ1n) is 3.49. The van der Waals surface area contributed by atoms with Crippen LogP contribution in [0.25, 0.3) is 0 Å². The predicted molar refractivity (Wildman–Crippen MR) is 47.8 cm³/mol. The van der Waals surface area contributed by atoms with E-state index in [1.165, 1.54) is 5.56 Å². The van der Waals surface area contributed by atoms with E-state index in [4.69, 9.17) is 0 Å². The Hall–Kier alpha value is -0.430. The van der Waals surface area contributed by atoms with Crippen LogP contribution in [0.4, 0.5) is 0 Å². The normalized spacial score (nSPS) is 10.4. The van der Waals surface area contributed by atoms with Crippen LogP contribution in [0.1, 0.15) is 25.3 Å². The van der Waals surface area contributed by atoms with Crippen LogP contribution < -0.4 is 0 Å². The third-order valence-electron chi connectivity index (χ3n) is 1.54. The minimum Gasteiger partial charge on any atom is -0.143 e. The van der Waals surface area contributed by atoms with E-state index in [-0.39, 0.29) is 0 Å². The third-order valence-corrected chi connectivity index (χ3v) is 1.82. The van der Waals surface area contributed by atoms with Crippen molar-refractivity contribution in [3.8, 4) is 0 Å². The van der Waals surface area contributed by atoms with Crippen molar-refractivity contribution in [1.29, 1.82) is 0 Å². The Kier molecular flexibility index (Phi) is 2.39. The summed E-state index contributed by atoms with van der Waals surface area (Å²) in [4.78, 5) is 1.05. The lowest BCUT2D eigenvalue weighted by Crippen LogP contribution is -1.85. The molecule has 1 aromatic carbocycles. The first-order valence-corrected chi connectivity index (χ1v) is 3.94. The van der Waals surface area contributed by atoms with Gasteiger partial charge in [-0.05, 0) is 23.6 Å². The van der Waals surface area contributed by atoms with Crippen LogP contribution in [0.15, 0.2) is 29.2 Å². The Bertz CT molecular complexity index is 216. The molecular formula is C9H12S. The van der Waals surface area contributed by atoms with Gasteiger partial charge in [0.2, 0.25) is 0 Å². The van der Waals surface area contributed by atoms with Crippen LogP contribution >= 0.6 is 12.6 Å². The monoisotopic (exact) mass is 152 g/mol. The van der Waals surface area contributed by atoms with Crippen molar-refractivity contribution < 1.29 is 0 Å². The molecule has 0 fully saturated rings. The lowest BCUT2D eigenvalue weighted by atomic mass is 10.0. The van der Waals surface area contributed by atoms with Crippen molar-refractivity contribution in [2.45, 2.75) is 24.7 Å². The first kappa shape index (κ1) is 7.67. The maximum absolute atomic E-state index is 4.25.